The van der Waals surface area contributed by atoms with Gasteiger partial charge in [-0.25, -0.2) is 0 Å². The molecular formula is C15H28N2O2. The number of nitrogens with zero attached hydrogens (tertiary/aromatic N) is 1. The summed E-state index contributed by atoms with van der Waals surface area (Å²) in [4.78, 5) is 25.3. The summed E-state index contributed by atoms with van der Waals surface area (Å²) in [5.41, 5.74) is 0. The van der Waals surface area contributed by atoms with Gasteiger partial charge in [-0.05, 0) is 18.8 Å². The molecule has 0 radical (unpaired) electrons. The Balaban J connectivity index is 2.25. The van der Waals surface area contributed by atoms with Gasteiger partial charge in [0.2, 0.25) is 11.8 Å². The second-order valence-electron chi connectivity index (χ2n) is 5.83. The highest BCUT2D eigenvalue weighted by atomic mass is 16.2. The van der Waals surface area contributed by atoms with Crippen molar-refractivity contribution in [2.45, 2.75) is 65.3 Å². The summed E-state index contributed by atoms with van der Waals surface area (Å²) in [6.07, 6.45) is 6.63. The third-order valence-corrected chi connectivity index (χ3v) is 3.73. The number of amides is 2. The Bertz CT molecular complexity index is 303. The fourth-order valence-corrected chi connectivity index (χ4v) is 2.57. The molecule has 0 aromatic rings. The molecule has 0 bridgehead atoms. The van der Waals surface area contributed by atoms with Gasteiger partial charge in [-0.15, -0.1) is 0 Å². The number of carbonyl (C=O) groups is 2. The van der Waals surface area contributed by atoms with Gasteiger partial charge in [-0.3, -0.25) is 9.59 Å². The van der Waals surface area contributed by atoms with Gasteiger partial charge in [0.1, 0.15) is 6.04 Å². The van der Waals surface area contributed by atoms with Gasteiger partial charge in [0, 0.05) is 6.54 Å². The zero-order chi connectivity index (χ0) is 14.3. The van der Waals surface area contributed by atoms with Gasteiger partial charge < -0.3 is 10.2 Å². The maximum Gasteiger partial charge on any atom is 0.243 e. The molecule has 1 saturated heterocycles. The van der Waals surface area contributed by atoms with Crippen LogP contribution in [0.4, 0.5) is 0 Å². The first kappa shape index (κ1) is 16.0. The van der Waals surface area contributed by atoms with Crippen molar-refractivity contribution >= 4 is 11.8 Å². The topological polar surface area (TPSA) is 49.4 Å². The van der Waals surface area contributed by atoms with E-state index < -0.39 is 0 Å². The van der Waals surface area contributed by atoms with Crippen molar-refractivity contribution in [3.05, 3.63) is 0 Å². The van der Waals surface area contributed by atoms with Crippen molar-refractivity contribution in [2.75, 3.05) is 13.1 Å². The Labute approximate surface area is 116 Å². The van der Waals surface area contributed by atoms with Crippen LogP contribution in [-0.2, 0) is 9.59 Å². The number of hydrogen-bond acceptors (Lipinski definition) is 2. The summed E-state index contributed by atoms with van der Waals surface area (Å²) in [6, 6.07) is -0.253. The second kappa shape index (κ2) is 8.18. The standard InChI is InChI=1S/C15H28N2O2/c1-4-13-15(19)16-11-14(18)17(13)10-8-6-5-7-9-12(2)3/h12-13H,4-11H2,1-3H3,(H,16,19). The zero-order valence-electron chi connectivity index (χ0n) is 12.6. The molecule has 1 fully saturated rings. The Morgan fingerprint density at radius 1 is 1.21 bits per heavy atom. The van der Waals surface area contributed by atoms with Crippen molar-refractivity contribution in [2.24, 2.45) is 5.92 Å². The molecule has 1 N–H and O–H groups in total. The SMILES string of the molecule is CCC1C(=O)NCC(=O)N1CCCCCCC(C)C. The fourth-order valence-electron chi connectivity index (χ4n) is 2.57. The number of carbonyl (C=O) groups excluding carboxylic acids is 2. The molecule has 110 valence electrons. The van der Waals surface area contributed by atoms with E-state index in [0.717, 1.165) is 25.3 Å². The van der Waals surface area contributed by atoms with Crippen LogP contribution in [-0.4, -0.2) is 35.8 Å². The average Bonchev–Trinajstić information content (AvgIpc) is 2.37. The lowest BCUT2D eigenvalue weighted by Crippen LogP contribution is -2.58. The number of unbranched alkanes of at least 4 members (excludes halogenated alkanes) is 3. The van der Waals surface area contributed by atoms with Gasteiger partial charge in [0.05, 0.1) is 6.54 Å². The number of hydrogen-bond donors (Lipinski definition) is 1. The minimum Gasteiger partial charge on any atom is -0.345 e. The first-order valence-electron chi connectivity index (χ1n) is 7.63. The van der Waals surface area contributed by atoms with Gasteiger partial charge in [0.25, 0.3) is 0 Å². The lowest BCUT2D eigenvalue weighted by molar-refractivity contribution is -0.145. The molecule has 0 aliphatic carbocycles. The van der Waals surface area contributed by atoms with Gasteiger partial charge >= 0.3 is 0 Å². The van der Waals surface area contributed by atoms with Crippen LogP contribution in [0.5, 0.6) is 0 Å². The van der Waals surface area contributed by atoms with Crippen molar-refractivity contribution in [3.8, 4) is 0 Å². The molecule has 1 heterocycles. The molecule has 0 saturated carbocycles. The van der Waals surface area contributed by atoms with E-state index in [1.54, 1.807) is 4.90 Å². The Kier molecular flexibility index (Phi) is 6.89. The van der Waals surface area contributed by atoms with Crippen LogP contribution in [0.15, 0.2) is 0 Å². The lowest BCUT2D eigenvalue weighted by atomic mass is 10.0. The van der Waals surface area contributed by atoms with E-state index in [-0.39, 0.29) is 24.4 Å². The molecule has 4 heteroatoms. The first-order chi connectivity index (χ1) is 9.06. The fraction of sp³-hybridized carbons (Fsp3) is 0.867. The molecule has 2 amide bonds. The molecule has 19 heavy (non-hydrogen) atoms. The summed E-state index contributed by atoms with van der Waals surface area (Å²) in [5, 5.41) is 2.66. The van der Waals surface area contributed by atoms with Crippen molar-refractivity contribution in [1.29, 1.82) is 0 Å². The van der Waals surface area contributed by atoms with Crippen molar-refractivity contribution in [3.63, 3.8) is 0 Å². The van der Waals surface area contributed by atoms with E-state index in [2.05, 4.69) is 19.2 Å². The Hall–Kier alpha value is -1.06. The number of piperazine rings is 1. The summed E-state index contributed by atoms with van der Waals surface area (Å²) in [6.45, 7) is 7.35. The maximum atomic E-state index is 11.8. The lowest BCUT2D eigenvalue weighted by Gasteiger charge is -2.34. The highest BCUT2D eigenvalue weighted by Gasteiger charge is 2.32. The monoisotopic (exact) mass is 268 g/mol. The third kappa shape index (κ3) is 5.21. The Morgan fingerprint density at radius 2 is 1.89 bits per heavy atom. The van der Waals surface area contributed by atoms with Gasteiger partial charge in [0.15, 0.2) is 0 Å². The van der Waals surface area contributed by atoms with E-state index in [0.29, 0.717) is 6.42 Å². The van der Waals surface area contributed by atoms with E-state index in [4.69, 9.17) is 0 Å². The predicted octanol–water partition coefficient (Wildman–Crippen LogP) is 2.33. The van der Waals surface area contributed by atoms with Crippen LogP contribution in [0.25, 0.3) is 0 Å². The van der Waals surface area contributed by atoms with Gasteiger partial charge in [-0.2, -0.15) is 0 Å². The van der Waals surface area contributed by atoms with E-state index >= 15 is 0 Å². The zero-order valence-corrected chi connectivity index (χ0v) is 12.6. The van der Waals surface area contributed by atoms with Crippen LogP contribution in [0.3, 0.4) is 0 Å². The summed E-state index contributed by atoms with van der Waals surface area (Å²) in [7, 11) is 0. The number of nitrogens with one attached hydrogen (secondary N) is 1. The third-order valence-electron chi connectivity index (χ3n) is 3.73. The molecular weight excluding hydrogens is 240 g/mol. The van der Waals surface area contributed by atoms with E-state index in [1.807, 2.05) is 6.92 Å². The quantitative estimate of drug-likeness (QED) is 0.687. The maximum absolute atomic E-state index is 11.8. The molecule has 1 aliphatic heterocycles. The van der Waals surface area contributed by atoms with Crippen molar-refractivity contribution in [1.82, 2.24) is 10.2 Å². The van der Waals surface area contributed by atoms with E-state index in [1.165, 1.54) is 19.3 Å². The highest BCUT2D eigenvalue weighted by molar-refractivity contribution is 5.94. The van der Waals surface area contributed by atoms with Crippen LogP contribution < -0.4 is 5.32 Å². The average molecular weight is 268 g/mol. The predicted molar refractivity (Wildman–Crippen MR) is 76.7 cm³/mol. The number of rotatable bonds is 8. The molecule has 0 spiro atoms. The normalized spacial score (nSPS) is 20.0. The van der Waals surface area contributed by atoms with Crippen molar-refractivity contribution < 1.29 is 9.59 Å². The molecule has 0 aromatic carbocycles. The van der Waals surface area contributed by atoms with Crippen LogP contribution in [0.1, 0.15) is 59.3 Å². The summed E-state index contributed by atoms with van der Waals surface area (Å²) >= 11 is 0. The molecule has 1 unspecified atom stereocenters. The molecule has 4 nitrogen and oxygen atoms in total. The highest BCUT2D eigenvalue weighted by Crippen LogP contribution is 2.13. The molecule has 0 aromatic heterocycles. The second-order valence-corrected chi connectivity index (χ2v) is 5.83. The van der Waals surface area contributed by atoms with Crippen LogP contribution in [0.2, 0.25) is 0 Å². The molecule has 1 atom stereocenters. The molecule has 1 aliphatic rings. The van der Waals surface area contributed by atoms with Crippen LogP contribution >= 0.6 is 0 Å². The smallest absolute Gasteiger partial charge is 0.243 e. The largest absolute Gasteiger partial charge is 0.345 e. The minimum absolute atomic E-state index is 0.00177. The summed E-state index contributed by atoms with van der Waals surface area (Å²) in [5.74, 6) is 0.840. The minimum atomic E-state index is -0.253. The van der Waals surface area contributed by atoms with Gasteiger partial charge in [-0.1, -0.05) is 46.5 Å². The van der Waals surface area contributed by atoms with Crippen LogP contribution in [0, 0.1) is 5.92 Å². The first-order valence-corrected chi connectivity index (χ1v) is 7.63. The Morgan fingerprint density at radius 3 is 2.53 bits per heavy atom. The molecule has 1 rings (SSSR count). The summed E-state index contributed by atoms with van der Waals surface area (Å²) < 4.78 is 0. The van der Waals surface area contributed by atoms with E-state index in [9.17, 15) is 9.59 Å².